The minimum Gasteiger partial charge on any atom is -0.383 e. The van der Waals surface area contributed by atoms with Crippen molar-refractivity contribution < 1.29 is 4.79 Å². The molecule has 0 fully saturated rings. The molecule has 0 aliphatic rings. The van der Waals surface area contributed by atoms with Gasteiger partial charge in [0.25, 0.3) is 5.91 Å². The maximum atomic E-state index is 12.0. The molecule has 3 N–H and O–H groups in total. The molecule has 0 saturated heterocycles. The van der Waals surface area contributed by atoms with E-state index in [9.17, 15) is 4.79 Å². The molecule has 1 atom stereocenters. The van der Waals surface area contributed by atoms with Gasteiger partial charge in [-0.25, -0.2) is 4.98 Å². The van der Waals surface area contributed by atoms with Crippen LogP contribution in [0.2, 0.25) is 0 Å². The summed E-state index contributed by atoms with van der Waals surface area (Å²) in [5.74, 6) is 0.621. The highest BCUT2D eigenvalue weighted by molar-refractivity contribution is 9.10. The first-order chi connectivity index (χ1) is 7.90. The predicted molar refractivity (Wildman–Crippen MR) is 72.7 cm³/mol. The van der Waals surface area contributed by atoms with Gasteiger partial charge in [-0.1, -0.05) is 13.8 Å². The quantitative estimate of drug-likeness (QED) is 0.898. The normalized spacial score (nSPS) is 12.5. The van der Waals surface area contributed by atoms with Crippen molar-refractivity contribution in [2.24, 2.45) is 5.92 Å². The van der Waals surface area contributed by atoms with Gasteiger partial charge in [-0.3, -0.25) is 4.79 Å². The topological polar surface area (TPSA) is 68.0 Å². The molecule has 1 unspecified atom stereocenters. The van der Waals surface area contributed by atoms with Gasteiger partial charge in [0.1, 0.15) is 5.82 Å². The summed E-state index contributed by atoms with van der Waals surface area (Å²) in [7, 11) is 0. The fourth-order valence-electron chi connectivity index (χ4n) is 1.70. The Kier molecular flexibility index (Phi) is 4.93. The van der Waals surface area contributed by atoms with E-state index in [4.69, 9.17) is 5.73 Å². The number of carbonyl (C=O) groups excluding carboxylic acids is 1. The first-order valence-corrected chi connectivity index (χ1v) is 6.41. The number of anilines is 1. The lowest BCUT2D eigenvalue weighted by atomic mass is 10.0. The summed E-state index contributed by atoms with van der Waals surface area (Å²) in [6.07, 6.45) is 2.51. The van der Waals surface area contributed by atoms with E-state index in [1.165, 1.54) is 0 Å². The molecule has 0 aliphatic heterocycles. The van der Waals surface area contributed by atoms with Crippen LogP contribution >= 0.6 is 15.9 Å². The third-order valence-electron chi connectivity index (χ3n) is 2.33. The van der Waals surface area contributed by atoms with Crippen molar-refractivity contribution in [1.82, 2.24) is 10.3 Å². The third-order valence-corrected chi connectivity index (χ3v) is 2.77. The highest BCUT2D eigenvalue weighted by Gasteiger charge is 2.14. The fraction of sp³-hybridized carbons (Fsp3) is 0.500. The number of halogens is 1. The van der Waals surface area contributed by atoms with E-state index in [0.29, 0.717) is 11.5 Å². The first kappa shape index (κ1) is 14.0. The fourth-order valence-corrected chi connectivity index (χ4v) is 2.03. The molecule has 17 heavy (non-hydrogen) atoms. The summed E-state index contributed by atoms with van der Waals surface area (Å²) >= 11 is 3.27. The van der Waals surface area contributed by atoms with Crippen molar-refractivity contribution in [2.75, 3.05) is 5.73 Å². The van der Waals surface area contributed by atoms with Gasteiger partial charge >= 0.3 is 0 Å². The molecule has 1 amide bonds. The maximum Gasteiger partial charge on any atom is 0.255 e. The van der Waals surface area contributed by atoms with Gasteiger partial charge in [0.2, 0.25) is 0 Å². The lowest BCUT2D eigenvalue weighted by molar-refractivity contribution is 0.0936. The number of nitrogens with one attached hydrogen (secondary N) is 1. The summed E-state index contributed by atoms with van der Waals surface area (Å²) in [5.41, 5.74) is 6.09. The van der Waals surface area contributed by atoms with E-state index >= 15 is 0 Å². The molecule has 5 heteroatoms. The number of nitrogen functional groups attached to an aromatic ring is 1. The summed E-state index contributed by atoms with van der Waals surface area (Å²) < 4.78 is 0.744. The SMILES string of the molecule is CC(C)CC(C)NC(=O)c1cc(Br)cnc1N. The average molecular weight is 300 g/mol. The summed E-state index contributed by atoms with van der Waals surface area (Å²) in [6.45, 7) is 6.23. The van der Waals surface area contributed by atoms with Gasteiger partial charge in [0, 0.05) is 16.7 Å². The van der Waals surface area contributed by atoms with Crippen LogP contribution in [-0.2, 0) is 0 Å². The Morgan fingerprint density at radius 1 is 1.53 bits per heavy atom. The van der Waals surface area contributed by atoms with E-state index in [0.717, 1.165) is 10.9 Å². The van der Waals surface area contributed by atoms with Crippen molar-refractivity contribution >= 4 is 27.7 Å². The van der Waals surface area contributed by atoms with Crippen LogP contribution in [0.15, 0.2) is 16.7 Å². The summed E-state index contributed by atoms with van der Waals surface area (Å²) in [4.78, 5) is 15.9. The van der Waals surface area contributed by atoms with E-state index in [1.807, 2.05) is 6.92 Å². The smallest absolute Gasteiger partial charge is 0.255 e. The lowest BCUT2D eigenvalue weighted by Crippen LogP contribution is -2.34. The molecule has 0 saturated carbocycles. The van der Waals surface area contributed by atoms with E-state index in [-0.39, 0.29) is 17.8 Å². The highest BCUT2D eigenvalue weighted by atomic mass is 79.9. The molecular formula is C12H18BrN3O. The second-order valence-electron chi connectivity index (χ2n) is 4.59. The molecule has 1 rings (SSSR count). The molecule has 1 aromatic rings. The van der Waals surface area contributed by atoms with Crippen molar-refractivity contribution in [1.29, 1.82) is 0 Å². The van der Waals surface area contributed by atoms with Crippen LogP contribution in [0.5, 0.6) is 0 Å². The molecule has 0 aliphatic carbocycles. The van der Waals surface area contributed by atoms with E-state index in [1.54, 1.807) is 12.3 Å². The largest absolute Gasteiger partial charge is 0.383 e. The molecule has 0 spiro atoms. The molecular weight excluding hydrogens is 282 g/mol. The average Bonchev–Trinajstić information content (AvgIpc) is 2.20. The molecule has 4 nitrogen and oxygen atoms in total. The number of amides is 1. The minimum atomic E-state index is -0.176. The van der Waals surface area contributed by atoms with Crippen molar-refractivity contribution in [3.63, 3.8) is 0 Å². The Morgan fingerprint density at radius 2 is 2.18 bits per heavy atom. The van der Waals surface area contributed by atoms with Gasteiger partial charge in [-0.05, 0) is 41.3 Å². The molecule has 1 heterocycles. The Morgan fingerprint density at radius 3 is 2.76 bits per heavy atom. The zero-order valence-corrected chi connectivity index (χ0v) is 11.9. The van der Waals surface area contributed by atoms with Crippen molar-refractivity contribution in [3.8, 4) is 0 Å². The van der Waals surface area contributed by atoms with Crippen molar-refractivity contribution in [3.05, 3.63) is 22.3 Å². The number of nitrogens with two attached hydrogens (primary N) is 1. The Hall–Kier alpha value is -1.10. The van der Waals surface area contributed by atoms with Crippen LogP contribution in [0.3, 0.4) is 0 Å². The second kappa shape index (κ2) is 6.00. The Bertz CT molecular complexity index is 407. The van der Waals surface area contributed by atoms with Crippen LogP contribution in [0.4, 0.5) is 5.82 Å². The number of aromatic nitrogens is 1. The maximum absolute atomic E-state index is 12.0. The van der Waals surface area contributed by atoms with E-state index in [2.05, 4.69) is 40.1 Å². The number of hydrogen-bond donors (Lipinski definition) is 2. The van der Waals surface area contributed by atoms with Gasteiger partial charge in [-0.15, -0.1) is 0 Å². The number of nitrogens with zero attached hydrogens (tertiary/aromatic N) is 1. The lowest BCUT2D eigenvalue weighted by Gasteiger charge is -2.16. The van der Waals surface area contributed by atoms with Crippen LogP contribution in [-0.4, -0.2) is 16.9 Å². The monoisotopic (exact) mass is 299 g/mol. The Balaban J connectivity index is 2.73. The van der Waals surface area contributed by atoms with Crippen molar-refractivity contribution in [2.45, 2.75) is 33.2 Å². The zero-order valence-electron chi connectivity index (χ0n) is 10.3. The summed E-state index contributed by atoms with van der Waals surface area (Å²) in [5, 5.41) is 2.92. The molecule has 0 aromatic carbocycles. The summed E-state index contributed by atoms with van der Waals surface area (Å²) in [6, 6.07) is 1.81. The van der Waals surface area contributed by atoms with Gasteiger partial charge in [0.15, 0.2) is 0 Å². The van der Waals surface area contributed by atoms with Gasteiger partial charge in [0.05, 0.1) is 5.56 Å². The van der Waals surface area contributed by atoms with Crippen LogP contribution < -0.4 is 11.1 Å². The van der Waals surface area contributed by atoms with Gasteiger partial charge < -0.3 is 11.1 Å². The number of pyridine rings is 1. The molecule has 0 radical (unpaired) electrons. The number of carbonyl (C=O) groups is 1. The van der Waals surface area contributed by atoms with Crippen LogP contribution in [0.1, 0.15) is 37.6 Å². The van der Waals surface area contributed by atoms with Crippen LogP contribution in [0.25, 0.3) is 0 Å². The Labute approximate surface area is 110 Å². The van der Waals surface area contributed by atoms with Gasteiger partial charge in [-0.2, -0.15) is 0 Å². The highest BCUT2D eigenvalue weighted by Crippen LogP contribution is 2.16. The number of hydrogen-bond acceptors (Lipinski definition) is 3. The van der Waals surface area contributed by atoms with Crippen LogP contribution in [0, 0.1) is 5.92 Å². The molecule has 94 valence electrons. The minimum absolute atomic E-state index is 0.126. The predicted octanol–water partition coefficient (Wildman–Crippen LogP) is 2.59. The standard InChI is InChI=1S/C12H18BrN3O/c1-7(2)4-8(3)16-12(17)10-5-9(13)6-15-11(10)14/h5-8H,4H2,1-3H3,(H2,14,15)(H,16,17). The number of rotatable bonds is 4. The zero-order chi connectivity index (χ0) is 13.0. The first-order valence-electron chi connectivity index (χ1n) is 5.62. The van der Waals surface area contributed by atoms with E-state index < -0.39 is 0 Å². The molecule has 1 aromatic heterocycles. The third kappa shape index (κ3) is 4.34. The molecule has 0 bridgehead atoms. The second-order valence-corrected chi connectivity index (χ2v) is 5.51.